The number of anilines is 1. The number of ether oxygens (including phenoxy) is 2. The molecule has 1 aromatic carbocycles. The zero-order valence-electron chi connectivity index (χ0n) is 16.7. The molecule has 1 saturated carbocycles. The average molecular weight is 425 g/mol. The summed E-state index contributed by atoms with van der Waals surface area (Å²) in [7, 11) is -3.67. The Bertz CT molecular complexity index is 843. The molecule has 0 spiro atoms. The number of hydrogen-bond acceptors (Lipinski definition) is 6. The number of rotatable bonds is 7. The number of morpholine rings is 1. The highest BCUT2D eigenvalue weighted by molar-refractivity contribution is 7.89. The fraction of sp³-hybridized carbons (Fsp3) is 0.600. The number of sulfonamides is 1. The van der Waals surface area contributed by atoms with Gasteiger partial charge >= 0.3 is 5.97 Å². The highest BCUT2D eigenvalue weighted by atomic mass is 32.2. The molecule has 9 heteroatoms. The molecule has 0 bridgehead atoms. The first kappa shape index (κ1) is 21.7. The van der Waals surface area contributed by atoms with Crippen molar-refractivity contribution in [2.45, 2.75) is 43.9 Å². The summed E-state index contributed by atoms with van der Waals surface area (Å²) in [6.45, 7) is 2.65. The maximum Gasteiger partial charge on any atom is 0.306 e. The minimum absolute atomic E-state index is 0.149. The molecule has 8 nitrogen and oxygen atoms in total. The van der Waals surface area contributed by atoms with Crippen molar-refractivity contribution in [1.29, 1.82) is 0 Å². The Morgan fingerprint density at radius 2 is 1.90 bits per heavy atom. The van der Waals surface area contributed by atoms with Crippen LogP contribution in [0.15, 0.2) is 23.1 Å². The number of nitrogens with one attached hydrogen (secondary N) is 1. The number of amides is 1. The predicted octanol–water partition coefficient (Wildman–Crippen LogP) is 2.08. The second-order valence-electron chi connectivity index (χ2n) is 7.56. The molecule has 1 N–H and O–H groups in total. The van der Waals surface area contributed by atoms with Crippen molar-refractivity contribution in [3.8, 4) is 0 Å². The molecular weight excluding hydrogens is 396 g/mol. The Morgan fingerprint density at radius 1 is 1.21 bits per heavy atom. The molecule has 0 unspecified atom stereocenters. The number of hydrogen-bond donors (Lipinski definition) is 1. The van der Waals surface area contributed by atoms with Gasteiger partial charge in [0.1, 0.15) is 0 Å². The monoisotopic (exact) mass is 424 g/mol. The van der Waals surface area contributed by atoms with Gasteiger partial charge in [0.05, 0.1) is 18.1 Å². The van der Waals surface area contributed by atoms with Crippen LogP contribution in [0.5, 0.6) is 0 Å². The lowest BCUT2D eigenvalue weighted by molar-refractivity contribution is -0.148. The second-order valence-corrected chi connectivity index (χ2v) is 9.47. The SMILES string of the molecule is Cc1ccc(NC(=O)COC(=O)CC2CCCC2)cc1S(=O)(=O)N1CCOCC1. The molecule has 160 valence electrons. The standard InChI is InChI=1S/C20H28N2O6S/c1-15-6-7-17(13-18(15)29(25,26)22-8-10-27-11-9-22)21-19(23)14-28-20(24)12-16-4-2-3-5-16/h6-7,13,16H,2-5,8-12,14H2,1H3,(H,21,23). The Morgan fingerprint density at radius 3 is 2.59 bits per heavy atom. The number of carbonyl (C=O) groups excluding carboxylic acids is 2. The van der Waals surface area contributed by atoms with E-state index in [1.807, 2.05) is 0 Å². The van der Waals surface area contributed by atoms with Crippen LogP contribution in [0.4, 0.5) is 5.69 Å². The molecule has 1 aromatic rings. The summed E-state index contributed by atoms with van der Waals surface area (Å²) < 4.78 is 37.5. The summed E-state index contributed by atoms with van der Waals surface area (Å²) in [4.78, 5) is 24.1. The van der Waals surface area contributed by atoms with Crippen molar-refractivity contribution in [3.63, 3.8) is 0 Å². The minimum atomic E-state index is -3.67. The van der Waals surface area contributed by atoms with Crippen LogP contribution in [-0.2, 0) is 29.1 Å². The first-order chi connectivity index (χ1) is 13.9. The zero-order chi connectivity index (χ0) is 20.9. The van der Waals surface area contributed by atoms with Crippen molar-refractivity contribution in [2.75, 3.05) is 38.2 Å². The lowest BCUT2D eigenvalue weighted by Crippen LogP contribution is -2.40. The summed E-state index contributed by atoms with van der Waals surface area (Å²) in [5, 5.41) is 2.61. The van der Waals surface area contributed by atoms with Gasteiger partial charge < -0.3 is 14.8 Å². The topological polar surface area (TPSA) is 102 Å². The molecule has 0 radical (unpaired) electrons. The maximum absolute atomic E-state index is 12.9. The molecule has 0 aromatic heterocycles. The smallest absolute Gasteiger partial charge is 0.306 e. The van der Waals surface area contributed by atoms with Gasteiger partial charge in [0, 0.05) is 25.2 Å². The molecule has 0 atom stereocenters. The number of esters is 1. The normalized spacial score (nSPS) is 18.5. The van der Waals surface area contributed by atoms with Crippen LogP contribution in [0.25, 0.3) is 0 Å². The molecule has 29 heavy (non-hydrogen) atoms. The van der Waals surface area contributed by atoms with Gasteiger partial charge in [-0.05, 0) is 43.4 Å². The van der Waals surface area contributed by atoms with Crippen molar-refractivity contribution in [1.82, 2.24) is 4.31 Å². The van der Waals surface area contributed by atoms with Gasteiger partial charge in [0.15, 0.2) is 6.61 Å². The van der Waals surface area contributed by atoms with Crippen molar-refractivity contribution < 1.29 is 27.5 Å². The number of nitrogens with zero attached hydrogens (tertiary/aromatic N) is 1. The molecule has 1 amide bonds. The van der Waals surface area contributed by atoms with Gasteiger partial charge in [-0.2, -0.15) is 4.31 Å². The fourth-order valence-corrected chi connectivity index (χ4v) is 5.39. The second kappa shape index (κ2) is 9.69. The molecular formula is C20H28N2O6S. The number of aryl methyl sites for hydroxylation is 1. The largest absolute Gasteiger partial charge is 0.456 e. The van der Waals surface area contributed by atoms with Crippen LogP contribution in [0.3, 0.4) is 0 Å². The summed E-state index contributed by atoms with van der Waals surface area (Å²) in [6, 6.07) is 4.72. The van der Waals surface area contributed by atoms with Gasteiger partial charge in [-0.25, -0.2) is 8.42 Å². The van der Waals surface area contributed by atoms with Gasteiger partial charge in [-0.1, -0.05) is 18.9 Å². The molecule has 2 fully saturated rings. The van der Waals surface area contributed by atoms with E-state index in [9.17, 15) is 18.0 Å². The predicted molar refractivity (Wildman–Crippen MR) is 107 cm³/mol. The Balaban J connectivity index is 1.58. The van der Waals surface area contributed by atoms with E-state index >= 15 is 0 Å². The Labute approximate surface area is 171 Å². The van der Waals surface area contributed by atoms with Crippen LogP contribution < -0.4 is 5.32 Å². The van der Waals surface area contributed by atoms with E-state index in [1.54, 1.807) is 19.1 Å². The van der Waals surface area contributed by atoms with Crippen molar-refractivity contribution >= 4 is 27.6 Å². The van der Waals surface area contributed by atoms with E-state index in [0.717, 1.165) is 25.7 Å². The Kier molecular flexibility index (Phi) is 7.26. The van der Waals surface area contributed by atoms with Crippen molar-refractivity contribution in [3.05, 3.63) is 23.8 Å². The van der Waals surface area contributed by atoms with E-state index in [-0.39, 0.29) is 17.5 Å². The maximum atomic E-state index is 12.9. The van der Waals surface area contributed by atoms with E-state index in [1.165, 1.54) is 10.4 Å². The number of carbonyl (C=O) groups is 2. The van der Waals surface area contributed by atoms with Crippen LogP contribution >= 0.6 is 0 Å². The van der Waals surface area contributed by atoms with Gasteiger partial charge in [-0.3, -0.25) is 9.59 Å². The fourth-order valence-electron chi connectivity index (χ4n) is 3.73. The minimum Gasteiger partial charge on any atom is -0.456 e. The van der Waals surface area contributed by atoms with Gasteiger partial charge in [0.2, 0.25) is 10.0 Å². The lowest BCUT2D eigenvalue weighted by Gasteiger charge is -2.26. The third kappa shape index (κ3) is 5.77. The third-order valence-corrected chi connectivity index (χ3v) is 7.39. The summed E-state index contributed by atoms with van der Waals surface area (Å²) >= 11 is 0. The Hall–Kier alpha value is -1.97. The van der Waals surface area contributed by atoms with Gasteiger partial charge in [-0.15, -0.1) is 0 Å². The molecule has 1 saturated heterocycles. The van der Waals surface area contributed by atoms with Crippen LogP contribution in [0.2, 0.25) is 0 Å². The number of benzene rings is 1. The lowest BCUT2D eigenvalue weighted by atomic mass is 10.1. The molecule has 2 aliphatic rings. The van der Waals surface area contributed by atoms with Crippen LogP contribution in [0.1, 0.15) is 37.7 Å². The van der Waals surface area contributed by atoms with E-state index in [2.05, 4.69) is 5.32 Å². The molecule has 1 aliphatic carbocycles. The quantitative estimate of drug-likeness (QED) is 0.673. The van der Waals surface area contributed by atoms with E-state index in [4.69, 9.17) is 9.47 Å². The van der Waals surface area contributed by atoms with Crippen LogP contribution in [-0.4, -0.2) is 57.5 Å². The zero-order valence-corrected chi connectivity index (χ0v) is 17.5. The van der Waals surface area contributed by atoms with Crippen molar-refractivity contribution in [2.24, 2.45) is 5.92 Å². The molecule has 1 aliphatic heterocycles. The average Bonchev–Trinajstić information content (AvgIpc) is 3.21. The van der Waals surface area contributed by atoms with E-state index in [0.29, 0.717) is 49.9 Å². The third-order valence-electron chi connectivity index (χ3n) is 5.35. The summed E-state index contributed by atoms with van der Waals surface area (Å²) in [5.74, 6) is -0.509. The summed E-state index contributed by atoms with van der Waals surface area (Å²) in [6.07, 6.45) is 4.69. The first-order valence-electron chi connectivity index (χ1n) is 10.0. The summed E-state index contributed by atoms with van der Waals surface area (Å²) in [5.41, 5.74) is 0.941. The van der Waals surface area contributed by atoms with E-state index < -0.39 is 15.9 Å². The van der Waals surface area contributed by atoms with Gasteiger partial charge in [0.25, 0.3) is 5.91 Å². The molecule has 1 heterocycles. The first-order valence-corrected chi connectivity index (χ1v) is 11.4. The highest BCUT2D eigenvalue weighted by Crippen LogP contribution is 2.28. The van der Waals surface area contributed by atoms with Crippen LogP contribution in [0, 0.1) is 12.8 Å². The highest BCUT2D eigenvalue weighted by Gasteiger charge is 2.28. The molecule has 3 rings (SSSR count).